The third-order valence-corrected chi connectivity index (χ3v) is 2.14. The van der Waals surface area contributed by atoms with Crippen molar-refractivity contribution in [2.75, 3.05) is 0 Å². The lowest BCUT2D eigenvalue weighted by Gasteiger charge is -2.01. The molecule has 2 N–H and O–H groups in total. The van der Waals surface area contributed by atoms with Gasteiger partial charge in [0.2, 0.25) is 0 Å². The fraction of sp³-hybridized carbons (Fsp3) is 0.222. The third kappa shape index (κ3) is 1.10. The van der Waals surface area contributed by atoms with E-state index in [1.807, 2.05) is 6.07 Å². The minimum Gasteiger partial charge on any atom is -0.326 e. The van der Waals surface area contributed by atoms with Crippen molar-refractivity contribution in [2.45, 2.75) is 6.54 Å². The first kappa shape index (κ1) is 8.19. The zero-order chi connectivity index (χ0) is 9.42. The van der Waals surface area contributed by atoms with E-state index in [1.54, 1.807) is 19.3 Å². The summed E-state index contributed by atoms with van der Waals surface area (Å²) in [6.45, 7) is 0.215. The highest BCUT2D eigenvalue weighted by Gasteiger charge is 2.09. The topological polar surface area (TPSA) is 43.8 Å². The smallest absolute Gasteiger partial charge is 0.153 e. The van der Waals surface area contributed by atoms with Gasteiger partial charge in [-0.25, -0.2) is 4.39 Å². The van der Waals surface area contributed by atoms with Gasteiger partial charge in [-0.15, -0.1) is 0 Å². The first-order valence-corrected chi connectivity index (χ1v) is 4.03. The summed E-state index contributed by atoms with van der Waals surface area (Å²) in [5.74, 6) is -0.264. The first-order chi connectivity index (χ1) is 6.24. The van der Waals surface area contributed by atoms with Crippen molar-refractivity contribution in [3.8, 4) is 0 Å². The number of nitrogens with zero attached hydrogens (tertiary/aromatic N) is 2. The van der Waals surface area contributed by atoms with E-state index >= 15 is 0 Å². The van der Waals surface area contributed by atoms with Crippen LogP contribution in [0.4, 0.5) is 4.39 Å². The Kier molecular flexibility index (Phi) is 1.77. The van der Waals surface area contributed by atoms with Crippen LogP contribution in [0.25, 0.3) is 10.9 Å². The summed E-state index contributed by atoms with van der Waals surface area (Å²) < 4.78 is 15.1. The SMILES string of the molecule is Cn1ncc2ccc(CN)c(F)c21. The maximum absolute atomic E-state index is 13.6. The van der Waals surface area contributed by atoms with E-state index < -0.39 is 0 Å². The molecule has 0 aliphatic carbocycles. The zero-order valence-electron chi connectivity index (χ0n) is 7.29. The lowest BCUT2D eigenvalue weighted by Crippen LogP contribution is -2.01. The summed E-state index contributed by atoms with van der Waals surface area (Å²) in [4.78, 5) is 0. The first-order valence-electron chi connectivity index (χ1n) is 4.03. The van der Waals surface area contributed by atoms with Gasteiger partial charge < -0.3 is 5.73 Å². The van der Waals surface area contributed by atoms with Crippen molar-refractivity contribution in [1.82, 2.24) is 9.78 Å². The van der Waals surface area contributed by atoms with Crippen molar-refractivity contribution < 1.29 is 4.39 Å². The molecule has 0 atom stereocenters. The quantitative estimate of drug-likeness (QED) is 0.714. The van der Waals surface area contributed by atoms with Gasteiger partial charge in [0.05, 0.1) is 6.20 Å². The van der Waals surface area contributed by atoms with E-state index in [-0.39, 0.29) is 12.4 Å². The summed E-state index contributed by atoms with van der Waals surface area (Å²) in [7, 11) is 1.71. The second-order valence-corrected chi connectivity index (χ2v) is 2.95. The monoisotopic (exact) mass is 179 g/mol. The highest BCUT2D eigenvalue weighted by Crippen LogP contribution is 2.19. The van der Waals surface area contributed by atoms with E-state index in [2.05, 4.69) is 5.10 Å². The van der Waals surface area contributed by atoms with E-state index in [1.165, 1.54) is 4.68 Å². The van der Waals surface area contributed by atoms with Gasteiger partial charge in [-0.1, -0.05) is 12.1 Å². The molecular weight excluding hydrogens is 169 g/mol. The molecule has 0 bridgehead atoms. The largest absolute Gasteiger partial charge is 0.326 e. The van der Waals surface area contributed by atoms with E-state index in [0.29, 0.717) is 11.1 Å². The summed E-state index contributed by atoms with van der Waals surface area (Å²) >= 11 is 0. The number of aromatic nitrogens is 2. The third-order valence-electron chi connectivity index (χ3n) is 2.14. The molecule has 0 fully saturated rings. The van der Waals surface area contributed by atoms with Crippen LogP contribution >= 0.6 is 0 Å². The number of rotatable bonds is 1. The van der Waals surface area contributed by atoms with E-state index in [9.17, 15) is 4.39 Å². The standard InChI is InChI=1S/C9H10FN3/c1-13-9-7(5-12-13)3-2-6(4-11)8(9)10/h2-3,5H,4,11H2,1H3. The molecule has 13 heavy (non-hydrogen) atoms. The number of halogens is 1. The highest BCUT2D eigenvalue weighted by molar-refractivity contribution is 5.79. The molecule has 4 heteroatoms. The van der Waals surface area contributed by atoms with Crippen molar-refractivity contribution in [2.24, 2.45) is 12.8 Å². The Balaban J connectivity index is 2.83. The molecule has 68 valence electrons. The van der Waals surface area contributed by atoms with Crippen LogP contribution in [0.1, 0.15) is 5.56 Å². The zero-order valence-corrected chi connectivity index (χ0v) is 7.29. The number of hydrogen-bond donors (Lipinski definition) is 1. The normalized spacial score (nSPS) is 11.0. The van der Waals surface area contributed by atoms with Crippen LogP contribution in [0, 0.1) is 5.82 Å². The van der Waals surface area contributed by atoms with Gasteiger partial charge in [-0.05, 0) is 0 Å². The number of hydrogen-bond acceptors (Lipinski definition) is 2. The predicted octanol–water partition coefficient (Wildman–Crippen LogP) is 1.17. The molecule has 0 aliphatic heterocycles. The number of nitrogens with two attached hydrogens (primary N) is 1. The molecular formula is C9H10FN3. The fourth-order valence-corrected chi connectivity index (χ4v) is 1.42. The summed E-state index contributed by atoms with van der Waals surface area (Å²) in [6.07, 6.45) is 1.64. The Labute approximate surface area is 75.0 Å². The molecule has 0 spiro atoms. The van der Waals surface area contributed by atoms with Gasteiger partial charge in [0, 0.05) is 24.5 Å². The Morgan fingerprint density at radius 1 is 1.54 bits per heavy atom. The van der Waals surface area contributed by atoms with Crippen LogP contribution in [-0.4, -0.2) is 9.78 Å². The Hall–Kier alpha value is -1.42. The molecule has 1 heterocycles. The maximum atomic E-state index is 13.6. The highest BCUT2D eigenvalue weighted by atomic mass is 19.1. The van der Waals surface area contributed by atoms with Crippen LogP contribution in [0.2, 0.25) is 0 Å². The minimum atomic E-state index is -0.264. The van der Waals surface area contributed by atoms with Crippen molar-refractivity contribution >= 4 is 10.9 Å². The molecule has 0 amide bonds. The molecule has 2 aromatic rings. The number of fused-ring (bicyclic) bond motifs is 1. The fourth-order valence-electron chi connectivity index (χ4n) is 1.42. The Bertz CT molecular complexity index is 447. The van der Waals surface area contributed by atoms with Gasteiger partial charge in [-0.2, -0.15) is 5.10 Å². The number of benzene rings is 1. The summed E-state index contributed by atoms with van der Waals surface area (Å²) in [6, 6.07) is 3.52. The molecule has 0 saturated carbocycles. The minimum absolute atomic E-state index is 0.215. The average Bonchev–Trinajstić information content (AvgIpc) is 2.49. The van der Waals surface area contributed by atoms with Gasteiger partial charge in [0.1, 0.15) is 5.52 Å². The van der Waals surface area contributed by atoms with Gasteiger partial charge >= 0.3 is 0 Å². The lowest BCUT2D eigenvalue weighted by atomic mass is 10.1. The predicted molar refractivity (Wildman–Crippen MR) is 48.6 cm³/mol. The molecule has 0 aliphatic rings. The van der Waals surface area contributed by atoms with E-state index in [0.717, 1.165) is 5.39 Å². The van der Waals surface area contributed by atoms with Gasteiger partial charge in [-0.3, -0.25) is 4.68 Å². The molecule has 1 aromatic heterocycles. The van der Waals surface area contributed by atoms with Crippen LogP contribution in [0.5, 0.6) is 0 Å². The Morgan fingerprint density at radius 3 is 3.00 bits per heavy atom. The molecule has 0 saturated heterocycles. The van der Waals surface area contributed by atoms with Crippen molar-refractivity contribution in [1.29, 1.82) is 0 Å². The molecule has 1 aromatic carbocycles. The lowest BCUT2D eigenvalue weighted by molar-refractivity contribution is 0.610. The molecule has 0 unspecified atom stereocenters. The van der Waals surface area contributed by atoms with Crippen LogP contribution in [0.3, 0.4) is 0 Å². The maximum Gasteiger partial charge on any atom is 0.153 e. The van der Waals surface area contributed by atoms with Crippen molar-refractivity contribution in [3.05, 3.63) is 29.7 Å². The Morgan fingerprint density at radius 2 is 2.31 bits per heavy atom. The van der Waals surface area contributed by atoms with Crippen LogP contribution in [0.15, 0.2) is 18.3 Å². The molecule has 2 rings (SSSR count). The average molecular weight is 179 g/mol. The summed E-state index contributed by atoms with van der Waals surface area (Å²) in [5, 5.41) is 4.77. The van der Waals surface area contributed by atoms with Gasteiger partial charge in [0.25, 0.3) is 0 Å². The molecule has 0 radical (unpaired) electrons. The second kappa shape index (κ2) is 2.81. The summed E-state index contributed by atoms with van der Waals surface area (Å²) in [5.41, 5.74) is 6.43. The van der Waals surface area contributed by atoms with Crippen LogP contribution in [-0.2, 0) is 13.6 Å². The van der Waals surface area contributed by atoms with Crippen molar-refractivity contribution in [3.63, 3.8) is 0 Å². The number of aryl methyl sites for hydroxylation is 1. The second-order valence-electron chi connectivity index (χ2n) is 2.95. The molecule has 3 nitrogen and oxygen atoms in total. The van der Waals surface area contributed by atoms with Gasteiger partial charge in [0.15, 0.2) is 5.82 Å². The van der Waals surface area contributed by atoms with Crippen LogP contribution < -0.4 is 5.73 Å². The van der Waals surface area contributed by atoms with E-state index in [4.69, 9.17) is 5.73 Å².